The highest BCUT2D eigenvalue weighted by Crippen LogP contribution is 2.25. The molecule has 1 N–H and O–H groups in total. The summed E-state index contributed by atoms with van der Waals surface area (Å²) in [5.74, 6) is -0.0774. The molecule has 5 nitrogen and oxygen atoms in total. The van der Waals surface area contributed by atoms with Gasteiger partial charge in [0.15, 0.2) is 0 Å². The normalized spacial score (nSPS) is 13.3. The van der Waals surface area contributed by atoms with Crippen molar-refractivity contribution in [3.05, 3.63) is 5.01 Å². The van der Waals surface area contributed by atoms with Gasteiger partial charge in [-0.2, -0.15) is 0 Å². The monoisotopic (exact) mass is 256 g/mol. The topological polar surface area (TPSA) is 58.1 Å². The van der Waals surface area contributed by atoms with E-state index in [-0.39, 0.29) is 17.4 Å². The quantitative estimate of drug-likeness (QED) is 0.899. The van der Waals surface area contributed by atoms with Crippen molar-refractivity contribution in [1.82, 2.24) is 15.1 Å². The zero-order valence-electron chi connectivity index (χ0n) is 11.2. The summed E-state index contributed by atoms with van der Waals surface area (Å²) in [5, 5.41) is 11.7. The fraction of sp³-hybridized carbons (Fsp3) is 0.727. The van der Waals surface area contributed by atoms with Crippen molar-refractivity contribution in [2.75, 3.05) is 19.4 Å². The molecule has 1 unspecified atom stereocenters. The lowest BCUT2D eigenvalue weighted by atomic mass is 9.87. The second-order valence-corrected chi connectivity index (χ2v) is 6.10. The van der Waals surface area contributed by atoms with Gasteiger partial charge in [0.1, 0.15) is 0 Å². The average molecular weight is 256 g/mol. The largest absolute Gasteiger partial charge is 0.363 e. The standard InChI is InChI=1S/C11H20N4OS/c1-7(11(2,3)4)15(6)9(16)8-13-14-10(12-5)17-8/h7H,1-6H3,(H,12,14). The first-order valence-electron chi connectivity index (χ1n) is 5.55. The van der Waals surface area contributed by atoms with Crippen LogP contribution in [-0.4, -0.2) is 41.1 Å². The van der Waals surface area contributed by atoms with E-state index in [1.807, 2.05) is 6.92 Å². The van der Waals surface area contributed by atoms with Gasteiger partial charge in [-0.1, -0.05) is 32.1 Å². The van der Waals surface area contributed by atoms with Crippen molar-refractivity contribution >= 4 is 22.4 Å². The fourth-order valence-corrected chi connectivity index (χ4v) is 2.00. The Labute approximate surface area is 106 Å². The molecule has 0 radical (unpaired) electrons. The zero-order chi connectivity index (χ0) is 13.2. The summed E-state index contributed by atoms with van der Waals surface area (Å²) in [5.41, 5.74) is 0.0426. The predicted octanol–water partition coefficient (Wildman–Crippen LogP) is 2.09. The van der Waals surface area contributed by atoms with Gasteiger partial charge in [-0.05, 0) is 12.3 Å². The molecule has 17 heavy (non-hydrogen) atoms. The lowest BCUT2D eigenvalue weighted by molar-refractivity contribution is 0.0628. The van der Waals surface area contributed by atoms with Crippen molar-refractivity contribution in [1.29, 1.82) is 0 Å². The van der Waals surface area contributed by atoms with Gasteiger partial charge in [0, 0.05) is 20.1 Å². The van der Waals surface area contributed by atoms with E-state index in [9.17, 15) is 4.79 Å². The van der Waals surface area contributed by atoms with Crippen LogP contribution >= 0.6 is 11.3 Å². The average Bonchev–Trinajstić information content (AvgIpc) is 2.73. The Morgan fingerprint density at radius 1 is 1.41 bits per heavy atom. The Hall–Kier alpha value is -1.17. The van der Waals surface area contributed by atoms with E-state index < -0.39 is 0 Å². The summed E-state index contributed by atoms with van der Waals surface area (Å²) >= 11 is 1.27. The number of hydrogen-bond acceptors (Lipinski definition) is 5. The maximum Gasteiger partial charge on any atom is 0.284 e. The Bertz CT molecular complexity index is 396. The Kier molecular flexibility index (Phi) is 4.08. The number of carbonyl (C=O) groups is 1. The molecule has 1 aromatic rings. The number of amides is 1. The Morgan fingerprint density at radius 3 is 2.41 bits per heavy atom. The molecule has 0 saturated carbocycles. The molecule has 0 aliphatic rings. The molecule has 1 atom stereocenters. The highest BCUT2D eigenvalue weighted by atomic mass is 32.1. The van der Waals surface area contributed by atoms with Crippen molar-refractivity contribution in [3.8, 4) is 0 Å². The molecule has 0 aliphatic heterocycles. The molecule has 0 aliphatic carbocycles. The molecule has 0 saturated heterocycles. The fourth-order valence-electron chi connectivity index (χ4n) is 1.32. The molecule has 1 heterocycles. The molecule has 1 rings (SSSR count). The third-order valence-electron chi connectivity index (χ3n) is 2.98. The van der Waals surface area contributed by atoms with Gasteiger partial charge in [0.2, 0.25) is 10.1 Å². The van der Waals surface area contributed by atoms with Crippen LogP contribution < -0.4 is 5.32 Å². The number of nitrogens with one attached hydrogen (secondary N) is 1. The molecule has 0 spiro atoms. The molecule has 1 amide bonds. The van der Waals surface area contributed by atoms with Gasteiger partial charge in [-0.25, -0.2) is 0 Å². The van der Waals surface area contributed by atoms with Crippen LogP contribution in [0.5, 0.6) is 0 Å². The van der Waals surface area contributed by atoms with Crippen molar-refractivity contribution in [3.63, 3.8) is 0 Å². The minimum atomic E-state index is -0.0774. The van der Waals surface area contributed by atoms with Crippen LogP contribution in [0, 0.1) is 5.41 Å². The minimum absolute atomic E-state index is 0.0426. The summed E-state index contributed by atoms with van der Waals surface area (Å²) in [6, 6.07) is 0.136. The number of hydrogen-bond donors (Lipinski definition) is 1. The van der Waals surface area contributed by atoms with Crippen molar-refractivity contribution in [2.24, 2.45) is 5.41 Å². The highest BCUT2D eigenvalue weighted by molar-refractivity contribution is 7.17. The Morgan fingerprint density at radius 2 is 2.00 bits per heavy atom. The summed E-state index contributed by atoms with van der Waals surface area (Å²) in [6.45, 7) is 8.37. The zero-order valence-corrected chi connectivity index (χ0v) is 12.1. The predicted molar refractivity (Wildman–Crippen MR) is 70.5 cm³/mol. The van der Waals surface area contributed by atoms with E-state index in [2.05, 4.69) is 36.3 Å². The second-order valence-electron chi connectivity index (χ2n) is 5.12. The van der Waals surface area contributed by atoms with Gasteiger partial charge in [0.25, 0.3) is 5.91 Å². The van der Waals surface area contributed by atoms with Gasteiger partial charge in [-0.3, -0.25) is 4.79 Å². The Balaban J connectivity index is 2.83. The van der Waals surface area contributed by atoms with Crippen LogP contribution in [0.3, 0.4) is 0 Å². The van der Waals surface area contributed by atoms with Crippen LogP contribution in [0.4, 0.5) is 5.13 Å². The smallest absolute Gasteiger partial charge is 0.284 e. The van der Waals surface area contributed by atoms with E-state index in [0.29, 0.717) is 10.1 Å². The first-order chi connectivity index (χ1) is 7.77. The van der Waals surface area contributed by atoms with E-state index in [1.165, 1.54) is 11.3 Å². The van der Waals surface area contributed by atoms with Crippen molar-refractivity contribution in [2.45, 2.75) is 33.7 Å². The molecular weight excluding hydrogens is 236 g/mol. The van der Waals surface area contributed by atoms with Gasteiger partial charge in [-0.15, -0.1) is 10.2 Å². The molecule has 96 valence electrons. The third-order valence-corrected chi connectivity index (χ3v) is 3.91. The molecule has 0 fully saturated rings. The summed E-state index contributed by atoms with van der Waals surface area (Å²) in [7, 11) is 3.56. The maximum absolute atomic E-state index is 12.2. The van der Waals surface area contributed by atoms with Crippen LogP contribution in [0.25, 0.3) is 0 Å². The summed E-state index contributed by atoms with van der Waals surface area (Å²) in [4.78, 5) is 13.9. The van der Waals surface area contributed by atoms with Crippen molar-refractivity contribution < 1.29 is 4.79 Å². The first kappa shape index (κ1) is 13.9. The van der Waals surface area contributed by atoms with Gasteiger partial charge in [0.05, 0.1) is 0 Å². The number of carbonyl (C=O) groups excluding carboxylic acids is 1. The van der Waals surface area contributed by atoms with Crippen LogP contribution in [-0.2, 0) is 0 Å². The van der Waals surface area contributed by atoms with Crippen LogP contribution in [0.2, 0.25) is 0 Å². The highest BCUT2D eigenvalue weighted by Gasteiger charge is 2.29. The van der Waals surface area contributed by atoms with E-state index in [4.69, 9.17) is 0 Å². The molecule has 6 heteroatoms. The molecule has 0 aromatic carbocycles. The second kappa shape index (κ2) is 5.00. The number of anilines is 1. The van der Waals surface area contributed by atoms with Gasteiger partial charge < -0.3 is 10.2 Å². The third kappa shape index (κ3) is 3.15. The lowest BCUT2D eigenvalue weighted by Crippen LogP contribution is -2.42. The molecule has 0 bridgehead atoms. The number of rotatable bonds is 3. The summed E-state index contributed by atoms with van der Waals surface area (Å²) < 4.78 is 0. The summed E-state index contributed by atoms with van der Waals surface area (Å²) in [6.07, 6.45) is 0. The van der Waals surface area contributed by atoms with Gasteiger partial charge >= 0.3 is 0 Å². The van der Waals surface area contributed by atoms with E-state index >= 15 is 0 Å². The van der Waals surface area contributed by atoms with E-state index in [1.54, 1.807) is 19.0 Å². The molecule has 1 aromatic heterocycles. The number of nitrogens with zero attached hydrogens (tertiary/aromatic N) is 3. The van der Waals surface area contributed by atoms with Crippen LogP contribution in [0.1, 0.15) is 37.5 Å². The van der Waals surface area contributed by atoms with E-state index in [0.717, 1.165) is 0 Å². The van der Waals surface area contributed by atoms with Crippen LogP contribution in [0.15, 0.2) is 0 Å². The lowest BCUT2D eigenvalue weighted by Gasteiger charge is -2.34. The SMILES string of the molecule is CNc1nnc(C(=O)N(C)C(C)C(C)(C)C)s1. The first-order valence-corrected chi connectivity index (χ1v) is 6.37. The maximum atomic E-state index is 12.2. The number of aromatic nitrogens is 2. The minimum Gasteiger partial charge on any atom is -0.363 e. The molecular formula is C11H20N4OS.